The number of carbonyl (C=O) groups is 1. The standard InChI is InChI=1S/C27H32ClFN4O/c1-19-23(18-32(3)30-19)17-31(2)26(16-22-6-4-5-7-25(22)29)20-12-14-33(15-13-20)27(34)21-8-10-24(28)11-9-21/h4-11,18,20,26H,12-17H2,1-3H3. The minimum atomic E-state index is -0.159. The monoisotopic (exact) mass is 482 g/mol. The van der Waals surface area contributed by atoms with Crippen LogP contribution in [0.3, 0.4) is 0 Å². The predicted octanol–water partition coefficient (Wildman–Crippen LogP) is 5.12. The number of carbonyl (C=O) groups excluding carboxylic acids is 1. The van der Waals surface area contributed by atoms with Gasteiger partial charge in [-0.3, -0.25) is 14.4 Å². The Kier molecular flexibility index (Phi) is 7.69. The lowest BCUT2D eigenvalue weighted by Crippen LogP contribution is -2.46. The van der Waals surface area contributed by atoms with Gasteiger partial charge < -0.3 is 4.90 Å². The Labute approximate surface area is 206 Å². The summed E-state index contributed by atoms with van der Waals surface area (Å²) in [6, 6.07) is 14.3. The highest BCUT2D eigenvalue weighted by atomic mass is 35.5. The van der Waals surface area contributed by atoms with E-state index in [4.69, 9.17) is 11.6 Å². The van der Waals surface area contributed by atoms with E-state index in [1.54, 1.807) is 30.3 Å². The fourth-order valence-electron chi connectivity index (χ4n) is 5.02. The summed E-state index contributed by atoms with van der Waals surface area (Å²) in [6.45, 7) is 4.16. The van der Waals surface area contributed by atoms with Crippen molar-refractivity contribution in [1.82, 2.24) is 19.6 Å². The third-order valence-corrected chi connectivity index (χ3v) is 7.20. The molecule has 0 spiro atoms. The molecule has 2 heterocycles. The number of amides is 1. The lowest BCUT2D eigenvalue weighted by Gasteiger charge is -2.40. The SMILES string of the molecule is Cc1nn(C)cc1CN(C)C(Cc1ccccc1F)C1CCN(C(=O)c2ccc(Cl)cc2)CC1. The van der Waals surface area contributed by atoms with Crippen LogP contribution >= 0.6 is 11.6 Å². The van der Waals surface area contributed by atoms with E-state index in [1.807, 2.05) is 35.7 Å². The number of likely N-dealkylation sites (N-methyl/N-ethyl adjacent to an activating group) is 1. The molecule has 0 radical (unpaired) electrons. The zero-order valence-electron chi connectivity index (χ0n) is 20.0. The van der Waals surface area contributed by atoms with Gasteiger partial charge >= 0.3 is 0 Å². The smallest absolute Gasteiger partial charge is 0.253 e. The van der Waals surface area contributed by atoms with Gasteiger partial charge in [-0.25, -0.2) is 4.39 Å². The van der Waals surface area contributed by atoms with Crippen molar-refractivity contribution >= 4 is 17.5 Å². The second-order valence-corrected chi connectivity index (χ2v) is 9.76. The minimum absolute atomic E-state index is 0.0418. The molecule has 0 saturated carbocycles. The highest BCUT2D eigenvalue weighted by molar-refractivity contribution is 6.30. The van der Waals surface area contributed by atoms with Gasteiger partial charge in [0.1, 0.15) is 5.82 Å². The molecular formula is C27H32ClFN4O. The van der Waals surface area contributed by atoms with Gasteiger partial charge in [0.05, 0.1) is 5.69 Å². The van der Waals surface area contributed by atoms with Gasteiger partial charge in [-0.15, -0.1) is 0 Å². The third-order valence-electron chi connectivity index (χ3n) is 6.95. The van der Waals surface area contributed by atoms with Crippen molar-refractivity contribution < 1.29 is 9.18 Å². The summed E-state index contributed by atoms with van der Waals surface area (Å²) in [7, 11) is 4.05. The topological polar surface area (TPSA) is 41.4 Å². The van der Waals surface area contributed by atoms with Crippen LogP contribution in [-0.4, -0.2) is 51.7 Å². The van der Waals surface area contributed by atoms with E-state index in [1.165, 1.54) is 11.6 Å². The number of benzene rings is 2. The fraction of sp³-hybridized carbons (Fsp3) is 0.407. The van der Waals surface area contributed by atoms with E-state index < -0.39 is 0 Å². The maximum Gasteiger partial charge on any atom is 0.253 e. The number of hydrogen-bond donors (Lipinski definition) is 0. The molecule has 3 aromatic rings. The number of hydrogen-bond acceptors (Lipinski definition) is 3. The average molecular weight is 483 g/mol. The predicted molar refractivity (Wildman–Crippen MR) is 133 cm³/mol. The summed E-state index contributed by atoms with van der Waals surface area (Å²) in [4.78, 5) is 17.2. The number of likely N-dealkylation sites (tertiary alicyclic amines) is 1. The van der Waals surface area contributed by atoms with E-state index in [0.717, 1.165) is 30.6 Å². The maximum absolute atomic E-state index is 14.6. The Bertz CT molecular complexity index is 1120. The minimum Gasteiger partial charge on any atom is -0.339 e. The molecule has 1 unspecified atom stereocenters. The Morgan fingerprint density at radius 1 is 1.15 bits per heavy atom. The Morgan fingerprint density at radius 2 is 1.82 bits per heavy atom. The summed E-state index contributed by atoms with van der Waals surface area (Å²) < 4.78 is 16.4. The largest absolute Gasteiger partial charge is 0.339 e. The van der Waals surface area contributed by atoms with Crippen molar-refractivity contribution in [1.29, 1.82) is 0 Å². The van der Waals surface area contributed by atoms with E-state index in [9.17, 15) is 9.18 Å². The van der Waals surface area contributed by atoms with E-state index >= 15 is 0 Å². The van der Waals surface area contributed by atoms with Crippen LogP contribution in [0.4, 0.5) is 4.39 Å². The summed E-state index contributed by atoms with van der Waals surface area (Å²) >= 11 is 5.97. The highest BCUT2D eigenvalue weighted by Crippen LogP contribution is 2.29. The van der Waals surface area contributed by atoms with Crippen LogP contribution in [0.2, 0.25) is 5.02 Å². The average Bonchev–Trinajstić information content (AvgIpc) is 3.15. The Hall–Kier alpha value is -2.70. The molecule has 0 N–H and O–H groups in total. The van der Waals surface area contributed by atoms with Crippen LogP contribution < -0.4 is 0 Å². The number of piperidine rings is 1. The first-order valence-corrected chi connectivity index (χ1v) is 12.2. The molecule has 34 heavy (non-hydrogen) atoms. The quantitative estimate of drug-likeness (QED) is 0.469. The summed E-state index contributed by atoms with van der Waals surface area (Å²) in [5.74, 6) is 0.241. The molecule has 0 aliphatic carbocycles. The molecule has 2 aromatic carbocycles. The number of rotatable bonds is 7. The van der Waals surface area contributed by atoms with Crippen molar-refractivity contribution in [2.45, 2.75) is 38.8 Å². The molecule has 1 fully saturated rings. The normalized spacial score (nSPS) is 15.6. The fourth-order valence-corrected chi connectivity index (χ4v) is 5.15. The van der Waals surface area contributed by atoms with Crippen molar-refractivity contribution in [3.63, 3.8) is 0 Å². The number of aryl methyl sites for hydroxylation is 2. The molecule has 1 saturated heterocycles. The molecule has 180 valence electrons. The van der Waals surface area contributed by atoms with Gasteiger partial charge in [-0.05, 0) is 75.0 Å². The van der Waals surface area contributed by atoms with E-state index in [-0.39, 0.29) is 17.8 Å². The lowest BCUT2D eigenvalue weighted by atomic mass is 9.84. The summed E-state index contributed by atoms with van der Waals surface area (Å²) in [6.07, 6.45) is 4.46. The second-order valence-electron chi connectivity index (χ2n) is 9.33. The third kappa shape index (κ3) is 5.68. The van der Waals surface area contributed by atoms with Gasteiger partial charge in [-0.2, -0.15) is 5.10 Å². The molecule has 1 amide bonds. The molecule has 7 heteroatoms. The number of halogens is 2. The van der Waals surface area contributed by atoms with Crippen molar-refractivity contribution in [3.05, 3.63) is 88.0 Å². The van der Waals surface area contributed by atoms with Crippen molar-refractivity contribution in [3.8, 4) is 0 Å². The van der Waals surface area contributed by atoms with Gasteiger partial charge in [0.25, 0.3) is 5.91 Å². The number of aromatic nitrogens is 2. The van der Waals surface area contributed by atoms with Gasteiger partial charge in [0.2, 0.25) is 0 Å². The Morgan fingerprint density at radius 3 is 2.44 bits per heavy atom. The molecule has 5 nitrogen and oxygen atoms in total. The molecule has 1 aromatic heterocycles. The van der Waals surface area contributed by atoms with E-state index in [2.05, 4.69) is 23.2 Å². The van der Waals surface area contributed by atoms with Gasteiger partial charge in [0, 0.05) is 55.1 Å². The molecule has 1 atom stereocenters. The first kappa shape index (κ1) is 24.4. The molecule has 1 aliphatic rings. The summed E-state index contributed by atoms with van der Waals surface area (Å²) in [5, 5.41) is 5.10. The number of nitrogens with zero attached hydrogens (tertiary/aromatic N) is 4. The first-order chi connectivity index (χ1) is 16.3. The van der Waals surface area contributed by atoms with Crippen LogP contribution in [0.25, 0.3) is 0 Å². The van der Waals surface area contributed by atoms with Crippen LogP contribution in [0.1, 0.15) is 40.0 Å². The molecular weight excluding hydrogens is 451 g/mol. The molecule has 0 bridgehead atoms. The van der Waals surface area contributed by atoms with Gasteiger partial charge in [-0.1, -0.05) is 29.8 Å². The van der Waals surface area contributed by atoms with Crippen molar-refractivity contribution in [2.24, 2.45) is 13.0 Å². The summed E-state index contributed by atoms with van der Waals surface area (Å²) in [5.41, 5.74) is 3.60. The van der Waals surface area contributed by atoms with E-state index in [0.29, 0.717) is 36.0 Å². The first-order valence-electron chi connectivity index (χ1n) is 11.8. The Balaban J connectivity index is 1.48. The lowest BCUT2D eigenvalue weighted by molar-refractivity contribution is 0.0602. The molecule has 1 aliphatic heterocycles. The zero-order chi connectivity index (χ0) is 24.2. The van der Waals surface area contributed by atoms with Crippen LogP contribution in [-0.2, 0) is 20.0 Å². The highest BCUT2D eigenvalue weighted by Gasteiger charge is 2.32. The van der Waals surface area contributed by atoms with Gasteiger partial charge in [0.15, 0.2) is 0 Å². The molecule has 4 rings (SSSR count). The maximum atomic E-state index is 14.6. The van der Waals surface area contributed by atoms with Crippen LogP contribution in [0.5, 0.6) is 0 Å². The van der Waals surface area contributed by atoms with Crippen LogP contribution in [0, 0.1) is 18.7 Å². The second kappa shape index (κ2) is 10.7. The zero-order valence-corrected chi connectivity index (χ0v) is 20.8. The van der Waals surface area contributed by atoms with Crippen molar-refractivity contribution in [2.75, 3.05) is 20.1 Å². The van der Waals surface area contributed by atoms with Crippen LogP contribution in [0.15, 0.2) is 54.7 Å².